The fourth-order valence-electron chi connectivity index (χ4n) is 4.42. The summed E-state index contributed by atoms with van der Waals surface area (Å²) < 4.78 is 21.7. The van der Waals surface area contributed by atoms with Crippen molar-refractivity contribution in [2.75, 3.05) is 35.0 Å². The number of methoxy groups -OCH3 is 4. The largest absolute Gasteiger partial charge is 0.497 e. The van der Waals surface area contributed by atoms with Crippen molar-refractivity contribution in [3.8, 4) is 23.0 Å². The first kappa shape index (κ1) is 21.0. The van der Waals surface area contributed by atoms with Gasteiger partial charge < -0.3 is 28.8 Å². The number of ether oxygens (including phenoxy) is 4. The molecule has 2 N–H and O–H groups in total. The average Bonchev–Trinajstić information content (AvgIpc) is 3.25. The first-order valence-corrected chi connectivity index (χ1v) is 10.3. The molecular weight excluding hydrogens is 398 g/mol. The lowest BCUT2D eigenvalue weighted by molar-refractivity contribution is -0.932. The van der Waals surface area contributed by atoms with Crippen LogP contribution in [0.25, 0.3) is 10.9 Å². The Morgan fingerprint density at radius 3 is 2.45 bits per heavy atom. The summed E-state index contributed by atoms with van der Waals surface area (Å²) in [7, 11) is 6.46. The number of nitrogens with one attached hydrogen (secondary N) is 2. The molecule has 0 amide bonds. The van der Waals surface area contributed by atoms with Crippen LogP contribution in [0.2, 0.25) is 0 Å². The second kappa shape index (κ2) is 8.85. The number of H-pyrrole nitrogens is 1. The van der Waals surface area contributed by atoms with Gasteiger partial charge >= 0.3 is 0 Å². The van der Waals surface area contributed by atoms with Crippen LogP contribution in [-0.2, 0) is 6.54 Å². The van der Waals surface area contributed by atoms with Crippen molar-refractivity contribution in [2.45, 2.75) is 25.4 Å². The number of rotatable bonds is 7. The van der Waals surface area contributed by atoms with Crippen molar-refractivity contribution < 1.29 is 23.8 Å². The van der Waals surface area contributed by atoms with Crippen molar-refractivity contribution >= 4 is 10.9 Å². The highest BCUT2D eigenvalue weighted by Gasteiger charge is 2.33. The molecule has 4 rings (SSSR count). The van der Waals surface area contributed by atoms with Gasteiger partial charge in [0.1, 0.15) is 24.1 Å². The molecule has 8 nitrogen and oxygen atoms in total. The quantitative estimate of drug-likeness (QED) is 0.600. The summed E-state index contributed by atoms with van der Waals surface area (Å²) in [6.07, 6.45) is 2.12. The molecule has 0 radical (unpaired) electrons. The van der Waals surface area contributed by atoms with Gasteiger partial charge in [0.2, 0.25) is 0 Å². The summed E-state index contributed by atoms with van der Waals surface area (Å²) in [6.45, 7) is 1.59. The Hall–Kier alpha value is -3.26. The van der Waals surface area contributed by atoms with Gasteiger partial charge in [0.25, 0.3) is 5.56 Å². The molecule has 31 heavy (non-hydrogen) atoms. The molecule has 1 unspecified atom stereocenters. The van der Waals surface area contributed by atoms with E-state index < -0.39 is 0 Å². The molecule has 0 bridgehead atoms. The van der Waals surface area contributed by atoms with Crippen molar-refractivity contribution in [3.05, 3.63) is 52.1 Å². The Bertz CT molecular complexity index is 1140. The molecule has 3 aromatic rings. The smallest absolute Gasteiger partial charge is 0.259 e. The van der Waals surface area contributed by atoms with E-state index in [1.807, 2.05) is 18.2 Å². The number of benzene rings is 2. The van der Waals surface area contributed by atoms with E-state index in [-0.39, 0.29) is 11.6 Å². The zero-order chi connectivity index (χ0) is 22.0. The number of likely N-dealkylation sites (tertiary alicyclic amines) is 1. The maximum absolute atomic E-state index is 12.7. The van der Waals surface area contributed by atoms with Crippen LogP contribution >= 0.6 is 0 Å². The standard InChI is InChI=1S/C23H27N3O5/c1-28-14-7-8-19(29-2)16(10-14)18-6-5-9-26(18)13-22-24-17-12-21(31-4)20(30-3)11-15(17)23(27)25-22/h7-8,10-12,18H,5-6,9,13H2,1-4H3,(H,24,25,27)/p+1/t18-/m1/s1. The summed E-state index contributed by atoms with van der Waals surface area (Å²) in [4.78, 5) is 21.7. The molecular formula is C23H28N3O5+. The Morgan fingerprint density at radius 1 is 1.00 bits per heavy atom. The van der Waals surface area contributed by atoms with E-state index in [2.05, 4.69) is 4.98 Å². The zero-order valence-electron chi connectivity index (χ0n) is 18.3. The third kappa shape index (κ3) is 4.03. The summed E-state index contributed by atoms with van der Waals surface area (Å²) in [5.41, 5.74) is 1.52. The van der Waals surface area contributed by atoms with Gasteiger partial charge in [0, 0.05) is 18.9 Å². The van der Waals surface area contributed by atoms with Crippen LogP contribution in [0.1, 0.15) is 30.3 Å². The minimum atomic E-state index is -0.185. The van der Waals surface area contributed by atoms with Gasteiger partial charge in [-0.3, -0.25) is 4.79 Å². The summed E-state index contributed by atoms with van der Waals surface area (Å²) in [5.74, 6) is 3.35. The Balaban J connectivity index is 1.68. The van der Waals surface area contributed by atoms with Crippen molar-refractivity contribution in [1.29, 1.82) is 0 Å². The lowest BCUT2D eigenvalue weighted by Crippen LogP contribution is -3.09. The van der Waals surface area contributed by atoms with E-state index in [0.717, 1.165) is 36.4 Å². The van der Waals surface area contributed by atoms with Gasteiger partial charge in [-0.2, -0.15) is 0 Å². The van der Waals surface area contributed by atoms with Crippen molar-refractivity contribution in [3.63, 3.8) is 0 Å². The maximum atomic E-state index is 12.7. The number of fused-ring (bicyclic) bond motifs is 1. The SMILES string of the molecule is COc1ccc(OC)c([C@H]2CCC[NH+]2Cc2nc3cc(OC)c(OC)cc3c(=O)[nH]2)c1. The summed E-state index contributed by atoms with van der Waals surface area (Å²) in [5, 5.41) is 0.476. The normalized spacial score (nSPS) is 18.2. The molecule has 0 saturated carbocycles. The van der Waals surface area contributed by atoms with Gasteiger partial charge in [-0.15, -0.1) is 0 Å². The fourth-order valence-corrected chi connectivity index (χ4v) is 4.42. The van der Waals surface area contributed by atoms with Gasteiger partial charge in [0.05, 0.1) is 51.5 Å². The van der Waals surface area contributed by atoms with E-state index in [0.29, 0.717) is 34.8 Å². The lowest BCUT2D eigenvalue weighted by atomic mass is 10.0. The van der Waals surface area contributed by atoms with Crippen molar-refractivity contribution in [2.24, 2.45) is 0 Å². The highest BCUT2D eigenvalue weighted by atomic mass is 16.5. The number of hydrogen-bond donors (Lipinski definition) is 2. The highest BCUT2D eigenvalue weighted by molar-refractivity contribution is 5.81. The third-order valence-corrected chi connectivity index (χ3v) is 5.95. The average molecular weight is 426 g/mol. The van der Waals surface area contributed by atoms with Crippen LogP contribution in [0.15, 0.2) is 35.1 Å². The Kier molecular flexibility index (Phi) is 5.99. The minimum Gasteiger partial charge on any atom is -0.497 e. The van der Waals surface area contributed by atoms with E-state index in [4.69, 9.17) is 23.9 Å². The van der Waals surface area contributed by atoms with Crippen LogP contribution in [0, 0.1) is 0 Å². The first-order chi connectivity index (χ1) is 15.1. The van der Waals surface area contributed by atoms with E-state index in [1.165, 1.54) is 4.90 Å². The molecule has 0 aliphatic carbocycles. The second-order valence-corrected chi connectivity index (χ2v) is 7.62. The third-order valence-electron chi connectivity index (χ3n) is 5.95. The monoisotopic (exact) mass is 426 g/mol. The van der Waals surface area contributed by atoms with Gasteiger partial charge in [-0.1, -0.05) is 0 Å². The van der Waals surface area contributed by atoms with Gasteiger partial charge in [-0.25, -0.2) is 4.98 Å². The molecule has 164 valence electrons. The number of quaternary nitrogens is 1. The molecule has 8 heteroatoms. The molecule has 0 spiro atoms. The van der Waals surface area contributed by atoms with E-state index in [1.54, 1.807) is 40.6 Å². The van der Waals surface area contributed by atoms with Crippen LogP contribution in [0.3, 0.4) is 0 Å². The highest BCUT2D eigenvalue weighted by Crippen LogP contribution is 2.32. The van der Waals surface area contributed by atoms with Crippen LogP contribution in [0.4, 0.5) is 0 Å². The predicted octanol–water partition coefficient (Wildman–Crippen LogP) is 1.88. The molecule has 2 atom stereocenters. The Labute approximate surface area is 180 Å². The molecule has 1 aliphatic heterocycles. The molecule has 2 heterocycles. The molecule has 1 saturated heterocycles. The number of aromatic amines is 1. The number of hydrogen-bond acceptors (Lipinski definition) is 6. The first-order valence-electron chi connectivity index (χ1n) is 10.3. The number of aromatic nitrogens is 2. The van der Waals surface area contributed by atoms with Crippen LogP contribution in [-0.4, -0.2) is 45.0 Å². The van der Waals surface area contributed by atoms with E-state index in [9.17, 15) is 4.79 Å². The Morgan fingerprint density at radius 2 is 1.74 bits per heavy atom. The van der Waals surface area contributed by atoms with E-state index >= 15 is 0 Å². The molecule has 1 aliphatic rings. The number of nitrogens with zero attached hydrogens (tertiary/aromatic N) is 1. The van der Waals surface area contributed by atoms with Crippen LogP contribution in [0.5, 0.6) is 23.0 Å². The summed E-state index contributed by atoms with van der Waals surface area (Å²) >= 11 is 0. The molecule has 1 aromatic heterocycles. The van der Waals surface area contributed by atoms with Gasteiger partial charge in [0.15, 0.2) is 17.3 Å². The van der Waals surface area contributed by atoms with Crippen LogP contribution < -0.4 is 29.4 Å². The lowest BCUT2D eigenvalue weighted by Gasteiger charge is -2.23. The second-order valence-electron chi connectivity index (χ2n) is 7.62. The topological polar surface area (TPSA) is 87.1 Å². The molecule has 2 aromatic carbocycles. The zero-order valence-corrected chi connectivity index (χ0v) is 18.3. The van der Waals surface area contributed by atoms with Crippen molar-refractivity contribution in [1.82, 2.24) is 9.97 Å². The fraction of sp³-hybridized carbons (Fsp3) is 0.391. The minimum absolute atomic E-state index is 0.185. The predicted molar refractivity (Wildman–Crippen MR) is 117 cm³/mol. The maximum Gasteiger partial charge on any atom is 0.259 e. The van der Waals surface area contributed by atoms with Gasteiger partial charge in [-0.05, 0) is 24.3 Å². The summed E-state index contributed by atoms with van der Waals surface area (Å²) in [6, 6.07) is 9.53. The molecule has 1 fully saturated rings.